The number of methoxy groups -OCH3 is 1. The Balaban J connectivity index is 3.18. The predicted molar refractivity (Wildman–Crippen MR) is 107 cm³/mol. The zero-order valence-corrected chi connectivity index (χ0v) is 16.2. The van der Waals surface area contributed by atoms with Crippen molar-refractivity contribution >= 4 is 6.47 Å². The summed E-state index contributed by atoms with van der Waals surface area (Å²) < 4.78 is 16.2. The summed E-state index contributed by atoms with van der Waals surface area (Å²) in [7, 11) is 1.54. The van der Waals surface area contributed by atoms with Gasteiger partial charge in [0, 0.05) is 17.2 Å². The lowest BCUT2D eigenvalue weighted by Crippen LogP contribution is -2.05. The number of benzene rings is 1. The van der Waals surface area contributed by atoms with E-state index in [9.17, 15) is 9.90 Å². The van der Waals surface area contributed by atoms with Gasteiger partial charge in [0.15, 0.2) is 0 Å². The van der Waals surface area contributed by atoms with E-state index in [2.05, 4.69) is 13.2 Å². The zero-order valence-electron chi connectivity index (χ0n) is 16.2. The molecular formula is C22H28O5. The van der Waals surface area contributed by atoms with Gasteiger partial charge in [-0.05, 0) is 44.9 Å². The minimum absolute atomic E-state index is 0.0749. The van der Waals surface area contributed by atoms with Gasteiger partial charge >= 0.3 is 0 Å². The van der Waals surface area contributed by atoms with E-state index < -0.39 is 6.10 Å². The van der Waals surface area contributed by atoms with Crippen LogP contribution in [0.15, 0.2) is 66.5 Å². The van der Waals surface area contributed by atoms with Crippen molar-refractivity contribution in [3.63, 3.8) is 0 Å². The van der Waals surface area contributed by atoms with Gasteiger partial charge in [0.1, 0.15) is 23.9 Å². The second kappa shape index (κ2) is 11.8. The Kier molecular flexibility index (Phi) is 9.69. The first-order valence-electron chi connectivity index (χ1n) is 8.67. The molecule has 0 spiro atoms. The van der Waals surface area contributed by atoms with Crippen LogP contribution in [0.2, 0.25) is 0 Å². The molecule has 0 aliphatic carbocycles. The number of aliphatic hydroxyl groups is 1. The van der Waals surface area contributed by atoms with Gasteiger partial charge in [0.25, 0.3) is 6.47 Å². The van der Waals surface area contributed by atoms with Gasteiger partial charge in [-0.1, -0.05) is 24.3 Å². The molecule has 1 N–H and O–H groups in total. The van der Waals surface area contributed by atoms with Crippen LogP contribution in [0.1, 0.15) is 38.4 Å². The molecule has 0 bridgehead atoms. The Bertz CT molecular complexity index is 711. The Labute approximate surface area is 161 Å². The van der Waals surface area contributed by atoms with E-state index in [4.69, 9.17) is 14.2 Å². The van der Waals surface area contributed by atoms with Crippen molar-refractivity contribution in [2.45, 2.75) is 32.8 Å². The summed E-state index contributed by atoms with van der Waals surface area (Å²) in [5, 5.41) is 10.3. The molecule has 0 saturated heterocycles. The standard InChI is InChI=1S/C22H28O5/c1-6-8-9-20(24)19-11-10-18(13-22(19)25-5)27-21(7-2)17(12-16(3)4)14-26-15-23/h6-7,10-13,15,20,24H,1-2,8-9,14H2,3-5H3/b21-17-. The fourth-order valence-corrected chi connectivity index (χ4v) is 2.48. The summed E-state index contributed by atoms with van der Waals surface area (Å²) in [5.41, 5.74) is 2.40. The van der Waals surface area contributed by atoms with E-state index in [1.165, 1.54) is 0 Å². The van der Waals surface area contributed by atoms with E-state index in [1.807, 2.05) is 19.9 Å². The molecule has 1 aromatic rings. The van der Waals surface area contributed by atoms with Crippen molar-refractivity contribution < 1.29 is 24.1 Å². The monoisotopic (exact) mass is 372 g/mol. The SMILES string of the molecule is C=CCCC(O)c1ccc(O/C(C=C)=C(/C=C(C)C)COC=O)cc1OC. The topological polar surface area (TPSA) is 65.0 Å². The van der Waals surface area contributed by atoms with Gasteiger partial charge in [-0.15, -0.1) is 6.58 Å². The smallest absolute Gasteiger partial charge is 0.293 e. The predicted octanol–water partition coefficient (Wildman–Crippen LogP) is 4.65. The van der Waals surface area contributed by atoms with Gasteiger partial charge in [-0.25, -0.2) is 0 Å². The van der Waals surface area contributed by atoms with E-state index in [1.54, 1.807) is 37.5 Å². The van der Waals surface area contributed by atoms with E-state index in [-0.39, 0.29) is 6.61 Å². The molecule has 1 aromatic carbocycles. The zero-order chi connectivity index (χ0) is 20.2. The highest BCUT2D eigenvalue weighted by Crippen LogP contribution is 2.32. The van der Waals surface area contributed by atoms with E-state index >= 15 is 0 Å². The lowest BCUT2D eigenvalue weighted by Gasteiger charge is -2.17. The van der Waals surface area contributed by atoms with Gasteiger partial charge in [0.2, 0.25) is 0 Å². The molecule has 0 aliphatic rings. The summed E-state index contributed by atoms with van der Waals surface area (Å²) in [6, 6.07) is 5.22. The Morgan fingerprint density at radius 3 is 2.59 bits per heavy atom. The third-order valence-electron chi connectivity index (χ3n) is 3.71. The quantitative estimate of drug-likeness (QED) is 0.250. The number of allylic oxidation sites excluding steroid dienone is 3. The van der Waals surface area contributed by atoms with Gasteiger partial charge in [0.05, 0.1) is 13.2 Å². The molecule has 0 aromatic heterocycles. The lowest BCUT2D eigenvalue weighted by atomic mass is 10.0. The summed E-state index contributed by atoms with van der Waals surface area (Å²) in [6.45, 7) is 11.8. The Morgan fingerprint density at radius 2 is 2.04 bits per heavy atom. The highest BCUT2D eigenvalue weighted by atomic mass is 16.5. The third kappa shape index (κ3) is 7.15. The molecule has 27 heavy (non-hydrogen) atoms. The van der Waals surface area contributed by atoms with Gasteiger partial charge in [-0.3, -0.25) is 4.79 Å². The van der Waals surface area contributed by atoms with Crippen molar-refractivity contribution in [3.05, 3.63) is 72.1 Å². The average molecular weight is 372 g/mol. The molecule has 0 saturated carbocycles. The fraction of sp³-hybridized carbons (Fsp3) is 0.318. The molecular weight excluding hydrogens is 344 g/mol. The first-order valence-corrected chi connectivity index (χ1v) is 8.67. The molecule has 1 atom stereocenters. The summed E-state index contributed by atoms with van der Waals surface area (Å²) in [5.74, 6) is 1.52. The number of carbonyl (C=O) groups is 1. The Hall–Kier alpha value is -2.79. The molecule has 0 aliphatic heterocycles. The number of rotatable bonds is 12. The third-order valence-corrected chi connectivity index (χ3v) is 3.71. The van der Waals surface area contributed by atoms with Crippen molar-refractivity contribution in [1.82, 2.24) is 0 Å². The van der Waals surface area contributed by atoms with Crippen LogP contribution in [0, 0.1) is 0 Å². The maximum Gasteiger partial charge on any atom is 0.293 e. The van der Waals surface area contributed by atoms with Crippen LogP contribution in [0.3, 0.4) is 0 Å². The lowest BCUT2D eigenvalue weighted by molar-refractivity contribution is -0.127. The van der Waals surface area contributed by atoms with Crippen LogP contribution in [0.4, 0.5) is 0 Å². The molecule has 0 radical (unpaired) electrons. The number of hydrogen-bond donors (Lipinski definition) is 1. The first-order chi connectivity index (χ1) is 13.0. The second-order valence-electron chi connectivity index (χ2n) is 6.11. The normalized spacial score (nSPS) is 12.3. The highest BCUT2D eigenvalue weighted by molar-refractivity contribution is 5.44. The van der Waals surface area contributed by atoms with Crippen LogP contribution in [0.25, 0.3) is 0 Å². The molecule has 1 rings (SSSR count). The van der Waals surface area contributed by atoms with Crippen LogP contribution in [-0.2, 0) is 9.53 Å². The molecule has 5 nitrogen and oxygen atoms in total. The van der Waals surface area contributed by atoms with Crippen molar-refractivity contribution in [3.8, 4) is 11.5 Å². The van der Waals surface area contributed by atoms with Crippen molar-refractivity contribution in [2.75, 3.05) is 13.7 Å². The summed E-state index contributed by atoms with van der Waals surface area (Å²) in [4.78, 5) is 10.5. The van der Waals surface area contributed by atoms with Crippen molar-refractivity contribution in [1.29, 1.82) is 0 Å². The highest BCUT2D eigenvalue weighted by Gasteiger charge is 2.15. The van der Waals surface area contributed by atoms with Gasteiger partial charge in [-0.2, -0.15) is 0 Å². The fourth-order valence-electron chi connectivity index (χ4n) is 2.48. The largest absolute Gasteiger partial charge is 0.496 e. The van der Waals surface area contributed by atoms with Crippen LogP contribution >= 0.6 is 0 Å². The molecule has 0 amide bonds. The number of carbonyl (C=O) groups excluding carboxylic acids is 1. The first kappa shape index (κ1) is 22.3. The molecule has 0 fully saturated rings. The van der Waals surface area contributed by atoms with Crippen LogP contribution in [-0.4, -0.2) is 25.3 Å². The van der Waals surface area contributed by atoms with Crippen LogP contribution < -0.4 is 9.47 Å². The van der Waals surface area contributed by atoms with E-state index in [0.29, 0.717) is 47.7 Å². The molecule has 0 heterocycles. The number of ether oxygens (including phenoxy) is 3. The Morgan fingerprint density at radius 1 is 1.30 bits per heavy atom. The number of hydrogen-bond acceptors (Lipinski definition) is 5. The maximum atomic E-state index is 10.5. The maximum absolute atomic E-state index is 10.5. The minimum Gasteiger partial charge on any atom is -0.496 e. The molecule has 1 unspecified atom stereocenters. The number of aliphatic hydroxyl groups excluding tert-OH is 1. The average Bonchev–Trinajstić information content (AvgIpc) is 2.66. The van der Waals surface area contributed by atoms with E-state index in [0.717, 1.165) is 5.57 Å². The molecule has 146 valence electrons. The second-order valence-corrected chi connectivity index (χ2v) is 6.11. The molecule has 5 heteroatoms. The summed E-state index contributed by atoms with van der Waals surface area (Å²) in [6.07, 6.45) is 5.80. The van der Waals surface area contributed by atoms with Crippen LogP contribution in [0.5, 0.6) is 11.5 Å². The summed E-state index contributed by atoms with van der Waals surface area (Å²) >= 11 is 0. The van der Waals surface area contributed by atoms with Crippen molar-refractivity contribution in [2.24, 2.45) is 0 Å². The minimum atomic E-state index is -0.649. The van der Waals surface area contributed by atoms with Gasteiger partial charge < -0.3 is 19.3 Å².